The number of carbonyl (C=O) groups is 1. The van der Waals surface area contributed by atoms with E-state index in [-0.39, 0.29) is 18.3 Å². The molecule has 0 radical (unpaired) electrons. The normalized spacial score (nSPS) is 9.69. The zero-order valence-corrected chi connectivity index (χ0v) is 9.34. The maximum absolute atomic E-state index is 13.4. The molecule has 5 heteroatoms. The van der Waals surface area contributed by atoms with Crippen molar-refractivity contribution < 1.29 is 13.9 Å². The van der Waals surface area contributed by atoms with Crippen LogP contribution >= 0.6 is 0 Å². The Balaban J connectivity index is 2.62. The van der Waals surface area contributed by atoms with Gasteiger partial charge in [0, 0.05) is 13.6 Å². The Kier molecular flexibility index (Phi) is 4.57. The maximum Gasteiger partial charge on any atom is 0.314 e. The number of benzene rings is 1. The third kappa shape index (κ3) is 3.42. The van der Waals surface area contributed by atoms with Gasteiger partial charge in [-0.1, -0.05) is 6.07 Å². The topological polar surface area (TPSA) is 50.4 Å². The van der Waals surface area contributed by atoms with Gasteiger partial charge in [0.05, 0.1) is 6.61 Å². The number of hydrogen-bond acceptors (Lipinski definition) is 2. The molecule has 1 rings (SSSR count). The summed E-state index contributed by atoms with van der Waals surface area (Å²) in [5, 5.41) is 4.98. The number of nitrogens with one attached hydrogen (secondary N) is 2. The lowest BCUT2D eigenvalue weighted by Gasteiger charge is -2.07. The molecule has 4 nitrogen and oxygen atoms in total. The van der Waals surface area contributed by atoms with Gasteiger partial charge in [-0.25, -0.2) is 9.18 Å². The van der Waals surface area contributed by atoms with Crippen LogP contribution in [-0.4, -0.2) is 19.7 Å². The Labute approximate surface area is 93.8 Å². The number of rotatable bonds is 4. The van der Waals surface area contributed by atoms with Gasteiger partial charge in [0.25, 0.3) is 0 Å². The van der Waals surface area contributed by atoms with Gasteiger partial charge in [0.2, 0.25) is 0 Å². The van der Waals surface area contributed by atoms with E-state index in [1.54, 1.807) is 19.1 Å². The molecule has 0 aliphatic rings. The average Bonchev–Trinajstić information content (AvgIpc) is 2.29. The lowest BCUT2D eigenvalue weighted by Crippen LogP contribution is -2.32. The molecule has 2 N–H and O–H groups in total. The van der Waals surface area contributed by atoms with Crippen molar-refractivity contribution >= 4 is 6.03 Å². The summed E-state index contributed by atoms with van der Waals surface area (Å²) in [5.41, 5.74) is 0.685. The van der Waals surface area contributed by atoms with Gasteiger partial charge in [-0.15, -0.1) is 0 Å². The third-order valence-corrected chi connectivity index (χ3v) is 1.98. The summed E-state index contributed by atoms with van der Waals surface area (Å²) in [6, 6.07) is 4.32. The molecule has 0 spiro atoms. The molecule has 1 aromatic rings. The summed E-state index contributed by atoms with van der Waals surface area (Å²) >= 11 is 0. The molecule has 0 aromatic heterocycles. The van der Waals surface area contributed by atoms with Crippen molar-refractivity contribution in [2.45, 2.75) is 13.5 Å². The molecule has 88 valence electrons. The van der Waals surface area contributed by atoms with Crippen LogP contribution in [-0.2, 0) is 6.54 Å². The lowest BCUT2D eigenvalue weighted by molar-refractivity contribution is 0.242. The molecule has 0 saturated heterocycles. The second kappa shape index (κ2) is 5.95. The Morgan fingerprint density at radius 1 is 1.50 bits per heavy atom. The summed E-state index contributed by atoms with van der Waals surface area (Å²) in [4.78, 5) is 10.9. The van der Waals surface area contributed by atoms with E-state index < -0.39 is 5.82 Å². The van der Waals surface area contributed by atoms with Crippen LogP contribution in [0.25, 0.3) is 0 Å². The van der Waals surface area contributed by atoms with Crippen LogP contribution in [0.4, 0.5) is 9.18 Å². The fourth-order valence-corrected chi connectivity index (χ4v) is 1.20. The Morgan fingerprint density at radius 2 is 2.25 bits per heavy atom. The predicted molar refractivity (Wildman–Crippen MR) is 58.9 cm³/mol. The highest BCUT2D eigenvalue weighted by Crippen LogP contribution is 2.18. The quantitative estimate of drug-likeness (QED) is 0.820. The zero-order chi connectivity index (χ0) is 12.0. The molecule has 0 saturated carbocycles. The van der Waals surface area contributed by atoms with Crippen molar-refractivity contribution in [2.75, 3.05) is 13.7 Å². The minimum atomic E-state index is -0.418. The van der Waals surface area contributed by atoms with Gasteiger partial charge in [0.1, 0.15) is 0 Å². The van der Waals surface area contributed by atoms with Crippen LogP contribution in [0.3, 0.4) is 0 Å². The minimum absolute atomic E-state index is 0.228. The Hall–Kier alpha value is -1.78. The molecule has 0 aliphatic carbocycles. The van der Waals surface area contributed by atoms with E-state index in [0.29, 0.717) is 12.2 Å². The standard InChI is InChI=1S/C11H15FN2O2/c1-3-16-10-5-4-8(6-9(10)12)7-14-11(15)13-2/h4-6H,3,7H2,1-2H3,(H2,13,14,15). The predicted octanol–water partition coefficient (Wildman–Crippen LogP) is 1.65. The second-order valence-corrected chi connectivity index (χ2v) is 3.13. The third-order valence-electron chi connectivity index (χ3n) is 1.98. The highest BCUT2D eigenvalue weighted by atomic mass is 19.1. The first-order valence-electron chi connectivity index (χ1n) is 5.04. The van der Waals surface area contributed by atoms with Crippen molar-refractivity contribution in [2.24, 2.45) is 0 Å². The van der Waals surface area contributed by atoms with Gasteiger partial charge in [-0.2, -0.15) is 0 Å². The van der Waals surface area contributed by atoms with Crippen LogP contribution in [0, 0.1) is 5.82 Å². The molecule has 0 atom stereocenters. The van der Waals surface area contributed by atoms with Crippen LogP contribution in [0.1, 0.15) is 12.5 Å². The van der Waals surface area contributed by atoms with E-state index in [0.717, 1.165) is 0 Å². The van der Waals surface area contributed by atoms with Gasteiger partial charge in [-0.3, -0.25) is 0 Å². The number of hydrogen-bond donors (Lipinski definition) is 2. The molecule has 0 fully saturated rings. The zero-order valence-electron chi connectivity index (χ0n) is 9.34. The highest BCUT2D eigenvalue weighted by Gasteiger charge is 2.04. The lowest BCUT2D eigenvalue weighted by atomic mass is 10.2. The van der Waals surface area contributed by atoms with Crippen molar-refractivity contribution in [1.29, 1.82) is 0 Å². The van der Waals surface area contributed by atoms with Crippen molar-refractivity contribution in [3.05, 3.63) is 29.6 Å². The molecular weight excluding hydrogens is 211 g/mol. The largest absolute Gasteiger partial charge is 0.491 e. The molecule has 0 heterocycles. The van der Waals surface area contributed by atoms with Gasteiger partial charge < -0.3 is 15.4 Å². The molecule has 0 bridgehead atoms. The van der Waals surface area contributed by atoms with Crippen LogP contribution < -0.4 is 15.4 Å². The summed E-state index contributed by atoms with van der Waals surface area (Å²) < 4.78 is 18.5. The maximum atomic E-state index is 13.4. The fourth-order valence-electron chi connectivity index (χ4n) is 1.20. The summed E-state index contributed by atoms with van der Waals surface area (Å²) in [6.07, 6.45) is 0. The number of carbonyl (C=O) groups excluding carboxylic acids is 1. The summed E-state index contributed by atoms with van der Waals surface area (Å²) in [6.45, 7) is 2.50. The second-order valence-electron chi connectivity index (χ2n) is 3.13. The summed E-state index contributed by atoms with van der Waals surface area (Å²) in [7, 11) is 1.52. The van der Waals surface area contributed by atoms with Crippen LogP contribution in [0.2, 0.25) is 0 Å². The van der Waals surface area contributed by atoms with Crippen molar-refractivity contribution in [1.82, 2.24) is 10.6 Å². The number of ether oxygens (including phenoxy) is 1. The molecule has 1 aromatic carbocycles. The van der Waals surface area contributed by atoms with Crippen molar-refractivity contribution in [3.63, 3.8) is 0 Å². The number of halogens is 1. The number of amides is 2. The van der Waals surface area contributed by atoms with E-state index in [1.807, 2.05) is 0 Å². The SMILES string of the molecule is CCOc1ccc(CNC(=O)NC)cc1F. The smallest absolute Gasteiger partial charge is 0.314 e. The first-order valence-corrected chi connectivity index (χ1v) is 5.04. The Bertz CT molecular complexity index is 369. The monoisotopic (exact) mass is 226 g/mol. The molecule has 0 aliphatic heterocycles. The Morgan fingerprint density at radius 3 is 2.81 bits per heavy atom. The van der Waals surface area contributed by atoms with Crippen molar-refractivity contribution in [3.8, 4) is 5.75 Å². The van der Waals surface area contributed by atoms with E-state index >= 15 is 0 Å². The van der Waals surface area contributed by atoms with Crippen LogP contribution in [0.5, 0.6) is 5.75 Å². The van der Waals surface area contributed by atoms with E-state index in [1.165, 1.54) is 13.1 Å². The minimum Gasteiger partial charge on any atom is -0.491 e. The van der Waals surface area contributed by atoms with E-state index in [9.17, 15) is 9.18 Å². The molecular formula is C11H15FN2O2. The van der Waals surface area contributed by atoms with Gasteiger partial charge in [0.15, 0.2) is 11.6 Å². The van der Waals surface area contributed by atoms with Gasteiger partial charge >= 0.3 is 6.03 Å². The average molecular weight is 226 g/mol. The molecule has 2 amide bonds. The first kappa shape index (κ1) is 12.3. The molecule has 0 unspecified atom stereocenters. The number of urea groups is 1. The molecule has 16 heavy (non-hydrogen) atoms. The fraction of sp³-hybridized carbons (Fsp3) is 0.364. The van der Waals surface area contributed by atoms with Gasteiger partial charge in [-0.05, 0) is 24.6 Å². The van der Waals surface area contributed by atoms with E-state index in [4.69, 9.17) is 4.74 Å². The summed E-state index contributed by atoms with van der Waals surface area (Å²) in [5.74, 6) is -0.191. The highest BCUT2D eigenvalue weighted by molar-refractivity contribution is 5.73. The first-order chi connectivity index (χ1) is 7.67. The van der Waals surface area contributed by atoms with E-state index in [2.05, 4.69) is 10.6 Å². The van der Waals surface area contributed by atoms with Crippen LogP contribution in [0.15, 0.2) is 18.2 Å².